The van der Waals surface area contributed by atoms with E-state index in [-0.39, 0.29) is 0 Å². The smallest absolute Gasteiger partial charge is 0.150 e. The average Bonchev–Trinajstić information content (AvgIpc) is 2.85. The van der Waals surface area contributed by atoms with Crippen LogP contribution in [0.15, 0.2) is 18.2 Å². The summed E-state index contributed by atoms with van der Waals surface area (Å²) in [5, 5.41) is 3.32. The van der Waals surface area contributed by atoms with Crippen LogP contribution in [0.4, 0.5) is 5.69 Å². The second-order valence-electron chi connectivity index (χ2n) is 5.40. The zero-order valence-corrected chi connectivity index (χ0v) is 11.7. The van der Waals surface area contributed by atoms with Crippen molar-refractivity contribution in [3.63, 3.8) is 0 Å². The van der Waals surface area contributed by atoms with E-state index in [9.17, 15) is 8.42 Å². The van der Waals surface area contributed by atoms with Crippen molar-refractivity contribution in [1.82, 2.24) is 0 Å². The highest BCUT2D eigenvalue weighted by Crippen LogP contribution is 2.27. The minimum atomic E-state index is -2.77. The Balaban J connectivity index is 1.55. The molecule has 0 amide bonds. The summed E-state index contributed by atoms with van der Waals surface area (Å²) in [7, 11) is -2.77. The summed E-state index contributed by atoms with van der Waals surface area (Å²) in [6.07, 6.45) is 2.51. The molecule has 3 rings (SSSR count). The minimum Gasteiger partial charge on any atom is -0.493 e. The van der Waals surface area contributed by atoms with Crippen LogP contribution in [0, 0.1) is 5.92 Å². The van der Waals surface area contributed by atoms with Crippen molar-refractivity contribution in [2.75, 3.05) is 30.0 Å². The van der Waals surface area contributed by atoms with E-state index in [4.69, 9.17) is 4.74 Å². The molecule has 1 aromatic rings. The fourth-order valence-electron chi connectivity index (χ4n) is 2.69. The van der Waals surface area contributed by atoms with Gasteiger partial charge >= 0.3 is 0 Å². The first-order valence-corrected chi connectivity index (χ1v) is 8.64. The van der Waals surface area contributed by atoms with Crippen LogP contribution in [0.1, 0.15) is 18.4 Å². The zero-order valence-electron chi connectivity index (χ0n) is 10.9. The Morgan fingerprint density at radius 3 is 2.84 bits per heavy atom. The van der Waals surface area contributed by atoms with E-state index < -0.39 is 9.84 Å². The summed E-state index contributed by atoms with van der Waals surface area (Å²) in [5.74, 6) is 1.90. The van der Waals surface area contributed by atoms with Gasteiger partial charge in [-0.3, -0.25) is 0 Å². The molecule has 0 saturated carbocycles. The van der Waals surface area contributed by atoms with Crippen molar-refractivity contribution < 1.29 is 13.2 Å². The Morgan fingerprint density at radius 2 is 2.05 bits per heavy atom. The van der Waals surface area contributed by atoms with Crippen LogP contribution in [0.2, 0.25) is 0 Å². The Bertz CT molecular complexity index is 554. The molecule has 5 heteroatoms. The fourth-order valence-corrected chi connectivity index (χ4v) is 4.28. The zero-order chi connectivity index (χ0) is 13.3. The third kappa shape index (κ3) is 3.03. The molecule has 0 atom stereocenters. The van der Waals surface area contributed by atoms with Gasteiger partial charge in [-0.1, -0.05) is 0 Å². The lowest BCUT2D eigenvalue weighted by atomic mass is 10.0. The Morgan fingerprint density at radius 1 is 1.26 bits per heavy atom. The summed E-state index contributed by atoms with van der Waals surface area (Å²) in [6, 6.07) is 6.13. The van der Waals surface area contributed by atoms with Crippen molar-refractivity contribution in [3.8, 4) is 5.75 Å². The summed E-state index contributed by atoms with van der Waals surface area (Å²) in [4.78, 5) is 0. The lowest BCUT2D eigenvalue weighted by Crippen LogP contribution is -2.26. The molecule has 1 saturated heterocycles. The van der Waals surface area contributed by atoms with Gasteiger partial charge in [0.2, 0.25) is 0 Å². The summed E-state index contributed by atoms with van der Waals surface area (Å²) in [5.41, 5.74) is 2.51. The quantitative estimate of drug-likeness (QED) is 0.919. The first kappa shape index (κ1) is 12.8. The van der Waals surface area contributed by atoms with Gasteiger partial charge in [-0.2, -0.15) is 0 Å². The molecule has 0 radical (unpaired) electrons. The highest BCUT2D eigenvalue weighted by molar-refractivity contribution is 7.91. The van der Waals surface area contributed by atoms with Crippen LogP contribution in [-0.2, 0) is 16.3 Å². The highest BCUT2D eigenvalue weighted by Gasteiger charge is 2.24. The van der Waals surface area contributed by atoms with Gasteiger partial charge in [0.25, 0.3) is 0 Å². The molecule has 0 aliphatic carbocycles. The van der Waals surface area contributed by atoms with E-state index in [2.05, 4.69) is 17.4 Å². The molecule has 1 fully saturated rings. The molecule has 0 unspecified atom stereocenters. The SMILES string of the molecule is O=S1(=O)CCC(COc2ccc3c(c2)CCN3)CC1. The van der Waals surface area contributed by atoms with Crippen LogP contribution in [0.5, 0.6) is 5.75 Å². The van der Waals surface area contributed by atoms with Gasteiger partial charge in [-0.05, 0) is 48.9 Å². The topological polar surface area (TPSA) is 55.4 Å². The van der Waals surface area contributed by atoms with E-state index in [0.717, 1.165) is 31.6 Å². The van der Waals surface area contributed by atoms with Crippen molar-refractivity contribution in [2.45, 2.75) is 19.3 Å². The molecule has 2 aliphatic heterocycles. The molecular weight excluding hydrogens is 262 g/mol. The molecule has 4 nitrogen and oxygen atoms in total. The van der Waals surface area contributed by atoms with E-state index in [0.29, 0.717) is 24.0 Å². The number of hydrogen-bond acceptors (Lipinski definition) is 4. The molecule has 0 bridgehead atoms. The summed E-state index contributed by atoms with van der Waals surface area (Å²) >= 11 is 0. The molecule has 2 heterocycles. The lowest BCUT2D eigenvalue weighted by molar-refractivity contribution is 0.238. The second-order valence-corrected chi connectivity index (χ2v) is 7.71. The van der Waals surface area contributed by atoms with Crippen molar-refractivity contribution in [3.05, 3.63) is 23.8 Å². The lowest BCUT2D eigenvalue weighted by Gasteiger charge is -2.22. The molecule has 0 spiro atoms. The third-order valence-electron chi connectivity index (χ3n) is 3.95. The average molecular weight is 281 g/mol. The van der Waals surface area contributed by atoms with E-state index in [1.165, 1.54) is 11.3 Å². The first-order valence-electron chi connectivity index (χ1n) is 6.82. The van der Waals surface area contributed by atoms with Crippen LogP contribution >= 0.6 is 0 Å². The number of sulfone groups is 1. The van der Waals surface area contributed by atoms with Crippen LogP contribution in [0.3, 0.4) is 0 Å². The Labute approximate surface area is 114 Å². The normalized spacial score (nSPS) is 21.7. The van der Waals surface area contributed by atoms with Gasteiger partial charge in [0, 0.05) is 12.2 Å². The largest absolute Gasteiger partial charge is 0.493 e. The fraction of sp³-hybridized carbons (Fsp3) is 0.571. The Hall–Kier alpha value is -1.23. The number of rotatable bonds is 3. The van der Waals surface area contributed by atoms with Gasteiger partial charge in [0.15, 0.2) is 0 Å². The van der Waals surface area contributed by atoms with Crippen molar-refractivity contribution in [2.24, 2.45) is 5.92 Å². The van der Waals surface area contributed by atoms with E-state index in [1.807, 2.05) is 6.07 Å². The molecular formula is C14H19NO3S. The number of nitrogens with one attached hydrogen (secondary N) is 1. The van der Waals surface area contributed by atoms with Gasteiger partial charge < -0.3 is 10.1 Å². The summed E-state index contributed by atoms with van der Waals surface area (Å²) < 4.78 is 28.5. The predicted molar refractivity (Wildman–Crippen MR) is 75.5 cm³/mol. The molecule has 19 heavy (non-hydrogen) atoms. The maximum absolute atomic E-state index is 11.4. The van der Waals surface area contributed by atoms with Crippen LogP contribution in [-0.4, -0.2) is 33.1 Å². The summed E-state index contributed by atoms with van der Waals surface area (Å²) in [6.45, 7) is 1.63. The van der Waals surface area contributed by atoms with E-state index in [1.54, 1.807) is 0 Å². The van der Waals surface area contributed by atoms with Gasteiger partial charge in [0.1, 0.15) is 15.6 Å². The highest BCUT2D eigenvalue weighted by atomic mass is 32.2. The standard InChI is InChI=1S/C14H19NO3S/c16-19(17)7-4-11(5-8-19)10-18-13-1-2-14-12(9-13)3-6-15-14/h1-2,9,11,15H,3-8,10H2. The number of fused-ring (bicyclic) bond motifs is 1. The Kier molecular flexibility index (Phi) is 3.39. The number of anilines is 1. The van der Waals surface area contributed by atoms with Crippen LogP contribution in [0.25, 0.3) is 0 Å². The van der Waals surface area contributed by atoms with E-state index >= 15 is 0 Å². The third-order valence-corrected chi connectivity index (χ3v) is 5.66. The van der Waals surface area contributed by atoms with Gasteiger partial charge in [0.05, 0.1) is 18.1 Å². The maximum atomic E-state index is 11.4. The minimum absolute atomic E-state index is 0.315. The number of hydrogen-bond donors (Lipinski definition) is 1. The molecule has 1 aromatic carbocycles. The number of benzene rings is 1. The van der Waals surface area contributed by atoms with Gasteiger partial charge in [-0.25, -0.2) is 8.42 Å². The first-order chi connectivity index (χ1) is 9.12. The maximum Gasteiger partial charge on any atom is 0.150 e. The van der Waals surface area contributed by atoms with Crippen LogP contribution < -0.4 is 10.1 Å². The molecule has 104 valence electrons. The molecule has 0 aromatic heterocycles. The predicted octanol–water partition coefficient (Wildman–Crippen LogP) is 1.86. The number of ether oxygens (including phenoxy) is 1. The van der Waals surface area contributed by atoms with Crippen molar-refractivity contribution >= 4 is 15.5 Å². The monoisotopic (exact) mass is 281 g/mol. The molecule has 2 aliphatic rings. The van der Waals surface area contributed by atoms with Crippen molar-refractivity contribution in [1.29, 1.82) is 0 Å². The molecule has 1 N–H and O–H groups in total. The second kappa shape index (κ2) is 5.04. The van der Waals surface area contributed by atoms with Gasteiger partial charge in [-0.15, -0.1) is 0 Å².